The molecule has 6 heteroatoms. The van der Waals surface area contributed by atoms with E-state index in [9.17, 15) is 14.0 Å². The Morgan fingerprint density at radius 3 is 2.25 bits per heavy atom. The Morgan fingerprint density at radius 2 is 1.64 bits per heavy atom. The van der Waals surface area contributed by atoms with Crippen molar-refractivity contribution >= 4 is 29.1 Å². The average Bonchev–Trinajstić information content (AvgIpc) is 3.36. The van der Waals surface area contributed by atoms with Gasteiger partial charge in [0.2, 0.25) is 11.8 Å². The minimum absolute atomic E-state index is 0.00833. The molecule has 2 fully saturated rings. The number of fused-ring (bicyclic) bond motifs is 5. The number of nitrogens with zero attached hydrogens (tertiary/aromatic N) is 1. The first-order chi connectivity index (χ1) is 13.5. The van der Waals surface area contributed by atoms with Gasteiger partial charge in [-0.1, -0.05) is 29.8 Å². The molecule has 1 aliphatic heterocycles. The summed E-state index contributed by atoms with van der Waals surface area (Å²) in [4.78, 5) is 27.0. The van der Waals surface area contributed by atoms with Crippen LogP contribution in [0.2, 0.25) is 5.02 Å². The predicted molar refractivity (Wildman–Crippen MR) is 102 cm³/mol. The van der Waals surface area contributed by atoms with Crippen LogP contribution < -0.4 is 9.64 Å². The zero-order valence-electron chi connectivity index (χ0n) is 14.8. The van der Waals surface area contributed by atoms with Crippen molar-refractivity contribution in [2.75, 3.05) is 4.90 Å². The van der Waals surface area contributed by atoms with Gasteiger partial charge in [-0.3, -0.25) is 14.5 Å². The Balaban J connectivity index is 1.32. The van der Waals surface area contributed by atoms with E-state index in [0.29, 0.717) is 16.5 Å². The summed E-state index contributed by atoms with van der Waals surface area (Å²) >= 11 is 6.01. The number of ether oxygens (including phenoxy) is 1. The van der Waals surface area contributed by atoms with Gasteiger partial charge in [0.1, 0.15) is 18.2 Å². The van der Waals surface area contributed by atoms with Crippen LogP contribution >= 0.6 is 11.6 Å². The van der Waals surface area contributed by atoms with Gasteiger partial charge in [-0.15, -0.1) is 0 Å². The first-order valence-electron chi connectivity index (χ1n) is 9.26. The van der Waals surface area contributed by atoms with Gasteiger partial charge in [0.05, 0.1) is 22.5 Å². The number of halogens is 2. The molecular weight excluding hydrogens is 381 g/mol. The van der Waals surface area contributed by atoms with Crippen molar-refractivity contribution in [3.05, 3.63) is 71.0 Å². The number of amides is 2. The van der Waals surface area contributed by atoms with E-state index in [1.807, 2.05) is 0 Å². The number of hydrogen-bond donors (Lipinski definition) is 0. The third-order valence-electron chi connectivity index (χ3n) is 6.01. The summed E-state index contributed by atoms with van der Waals surface area (Å²) in [6.07, 6.45) is 5.06. The van der Waals surface area contributed by atoms with Gasteiger partial charge in [-0.2, -0.15) is 0 Å². The van der Waals surface area contributed by atoms with Crippen LogP contribution in [-0.2, 0) is 16.2 Å². The van der Waals surface area contributed by atoms with Crippen LogP contribution in [0.15, 0.2) is 54.6 Å². The van der Waals surface area contributed by atoms with Crippen molar-refractivity contribution in [3.63, 3.8) is 0 Å². The van der Waals surface area contributed by atoms with Crippen LogP contribution in [0.1, 0.15) is 12.0 Å². The SMILES string of the molecule is O=C1[C@@H]2[C@@H](C(=O)N1c1ccc(OCc3c(F)cccc3Cl)cc1)[C@H]1C=C[C@@H]2C1. The second-order valence-electron chi connectivity index (χ2n) is 7.49. The molecule has 2 bridgehead atoms. The normalized spacial score (nSPS) is 27.6. The van der Waals surface area contributed by atoms with Crippen molar-refractivity contribution in [3.8, 4) is 5.75 Å². The molecule has 0 unspecified atom stereocenters. The zero-order chi connectivity index (χ0) is 19.4. The van der Waals surface area contributed by atoms with Gasteiger partial charge >= 0.3 is 0 Å². The second-order valence-corrected chi connectivity index (χ2v) is 7.90. The van der Waals surface area contributed by atoms with Crippen LogP contribution in [0.4, 0.5) is 10.1 Å². The van der Waals surface area contributed by atoms with Gasteiger partial charge < -0.3 is 4.74 Å². The average molecular weight is 398 g/mol. The Hall–Kier alpha value is -2.66. The lowest BCUT2D eigenvalue weighted by atomic mass is 9.85. The minimum atomic E-state index is -0.424. The maximum absolute atomic E-state index is 13.8. The van der Waals surface area contributed by atoms with Gasteiger partial charge in [-0.05, 0) is 54.7 Å². The first kappa shape index (κ1) is 17.4. The third-order valence-corrected chi connectivity index (χ3v) is 6.36. The molecule has 1 saturated heterocycles. The molecule has 0 spiro atoms. The number of allylic oxidation sites excluding steroid dienone is 2. The molecule has 0 aromatic heterocycles. The Labute approximate surface area is 166 Å². The van der Waals surface area contributed by atoms with Crippen LogP contribution in [0.3, 0.4) is 0 Å². The number of imide groups is 1. The molecule has 1 saturated carbocycles. The fourth-order valence-corrected chi connectivity index (χ4v) is 4.89. The van der Waals surface area contributed by atoms with E-state index in [0.717, 1.165) is 6.42 Å². The zero-order valence-corrected chi connectivity index (χ0v) is 15.6. The Kier molecular flexibility index (Phi) is 4.02. The number of benzene rings is 2. The number of hydrogen-bond acceptors (Lipinski definition) is 3. The molecule has 2 aromatic carbocycles. The fourth-order valence-electron chi connectivity index (χ4n) is 4.67. The summed E-state index contributed by atoms with van der Waals surface area (Å²) in [7, 11) is 0. The molecule has 142 valence electrons. The first-order valence-corrected chi connectivity index (χ1v) is 9.64. The number of anilines is 1. The number of carbonyl (C=O) groups excluding carboxylic acids is 2. The maximum Gasteiger partial charge on any atom is 0.238 e. The molecule has 2 aromatic rings. The molecule has 5 rings (SSSR count). The highest BCUT2D eigenvalue weighted by Gasteiger charge is 2.59. The van der Waals surface area contributed by atoms with Crippen molar-refractivity contribution in [2.45, 2.75) is 13.0 Å². The summed E-state index contributed by atoms with van der Waals surface area (Å²) in [6.45, 7) is -0.00833. The van der Waals surface area contributed by atoms with E-state index in [4.69, 9.17) is 16.3 Å². The third kappa shape index (κ3) is 2.57. The summed E-state index contributed by atoms with van der Waals surface area (Å²) in [5.74, 6) is -0.217. The molecule has 28 heavy (non-hydrogen) atoms. The highest BCUT2D eigenvalue weighted by molar-refractivity contribution is 6.31. The molecule has 3 aliphatic rings. The monoisotopic (exact) mass is 397 g/mol. The standard InChI is InChI=1S/C22H17ClFNO3/c23-17-2-1-3-18(24)16(17)11-28-15-8-6-14(7-9-15)25-21(26)19-12-4-5-13(10-12)20(19)22(25)27/h1-9,12-13,19-20H,10-11H2/t12-,13+,19-,20-/m0/s1. The predicted octanol–water partition coefficient (Wildman–Crippen LogP) is 4.37. The highest BCUT2D eigenvalue weighted by atomic mass is 35.5. The molecule has 0 radical (unpaired) electrons. The molecule has 4 atom stereocenters. The number of carbonyl (C=O) groups is 2. The van der Waals surface area contributed by atoms with E-state index in [1.54, 1.807) is 30.3 Å². The van der Waals surface area contributed by atoms with E-state index in [-0.39, 0.29) is 47.7 Å². The van der Waals surface area contributed by atoms with Gasteiger partial charge in [0, 0.05) is 5.56 Å². The van der Waals surface area contributed by atoms with Gasteiger partial charge in [0.25, 0.3) is 0 Å². The number of rotatable bonds is 4. The molecule has 2 amide bonds. The smallest absolute Gasteiger partial charge is 0.238 e. The summed E-state index contributed by atoms with van der Waals surface area (Å²) in [5.41, 5.74) is 0.828. The molecule has 1 heterocycles. The van der Waals surface area contributed by atoms with Crippen LogP contribution in [0.5, 0.6) is 5.75 Å². The lowest BCUT2D eigenvalue weighted by Crippen LogP contribution is -2.32. The molecule has 4 nitrogen and oxygen atoms in total. The van der Waals surface area contributed by atoms with Crippen molar-refractivity contribution in [1.82, 2.24) is 0 Å². The van der Waals surface area contributed by atoms with E-state index in [2.05, 4.69) is 12.2 Å². The molecule has 2 aliphatic carbocycles. The van der Waals surface area contributed by atoms with E-state index < -0.39 is 5.82 Å². The van der Waals surface area contributed by atoms with Crippen molar-refractivity contribution in [2.24, 2.45) is 23.7 Å². The van der Waals surface area contributed by atoms with Crippen molar-refractivity contribution in [1.29, 1.82) is 0 Å². The summed E-state index contributed by atoms with van der Waals surface area (Å²) in [5, 5.41) is 0.305. The van der Waals surface area contributed by atoms with Crippen LogP contribution in [0.25, 0.3) is 0 Å². The topological polar surface area (TPSA) is 46.6 Å². The highest BCUT2D eigenvalue weighted by Crippen LogP contribution is 2.53. The van der Waals surface area contributed by atoms with Crippen LogP contribution in [0, 0.1) is 29.5 Å². The van der Waals surface area contributed by atoms with E-state index >= 15 is 0 Å². The quantitative estimate of drug-likeness (QED) is 0.568. The van der Waals surface area contributed by atoms with Gasteiger partial charge in [0.15, 0.2) is 0 Å². The fraction of sp³-hybridized carbons (Fsp3) is 0.273. The summed E-state index contributed by atoms with van der Waals surface area (Å²) in [6, 6.07) is 11.2. The molecular formula is C22H17ClFNO3. The lowest BCUT2D eigenvalue weighted by molar-refractivity contribution is -0.123. The Morgan fingerprint density at radius 1 is 1.00 bits per heavy atom. The largest absolute Gasteiger partial charge is 0.489 e. The lowest BCUT2D eigenvalue weighted by Gasteiger charge is -2.17. The minimum Gasteiger partial charge on any atom is -0.489 e. The Bertz CT molecular complexity index is 953. The van der Waals surface area contributed by atoms with Gasteiger partial charge in [-0.25, -0.2) is 4.39 Å². The van der Waals surface area contributed by atoms with Crippen LogP contribution in [-0.4, -0.2) is 11.8 Å². The maximum atomic E-state index is 13.8. The van der Waals surface area contributed by atoms with Crippen molar-refractivity contribution < 1.29 is 18.7 Å². The molecule has 0 N–H and O–H groups in total. The summed E-state index contributed by atoms with van der Waals surface area (Å²) < 4.78 is 19.5. The van der Waals surface area contributed by atoms with E-state index in [1.165, 1.54) is 17.0 Å². The second kappa shape index (κ2) is 6.45.